The number of piperidine rings is 2. The number of likely N-dealkylation sites (tertiary alicyclic amines) is 2. The van der Waals surface area contributed by atoms with Crippen LogP contribution in [-0.4, -0.2) is 107 Å². The Bertz CT molecular complexity index is 698. The summed E-state index contributed by atoms with van der Waals surface area (Å²) in [6.07, 6.45) is 8.69. The molecule has 3 saturated heterocycles. The summed E-state index contributed by atoms with van der Waals surface area (Å²) in [6.45, 7) is 7.08. The molecule has 8 nitrogen and oxygen atoms in total. The Kier molecular flexibility index (Phi) is 6.40. The van der Waals surface area contributed by atoms with E-state index in [4.69, 9.17) is 0 Å². The van der Waals surface area contributed by atoms with Gasteiger partial charge < -0.3 is 14.7 Å². The highest BCUT2D eigenvalue weighted by Crippen LogP contribution is 2.26. The van der Waals surface area contributed by atoms with Crippen molar-refractivity contribution >= 4 is 11.8 Å². The molecule has 0 saturated carbocycles. The highest BCUT2D eigenvalue weighted by Gasteiger charge is 2.35. The third-order valence-electron chi connectivity index (χ3n) is 6.67. The van der Waals surface area contributed by atoms with Crippen LogP contribution < -0.4 is 0 Å². The summed E-state index contributed by atoms with van der Waals surface area (Å²) in [6, 6.07) is 0.462. The van der Waals surface area contributed by atoms with E-state index in [0.29, 0.717) is 17.6 Å². The van der Waals surface area contributed by atoms with Crippen molar-refractivity contribution in [2.45, 2.75) is 31.7 Å². The third kappa shape index (κ3) is 4.75. The molecule has 158 valence electrons. The molecular weight excluding hydrogens is 368 g/mol. The zero-order valence-electron chi connectivity index (χ0n) is 17.4. The van der Waals surface area contributed by atoms with E-state index in [9.17, 15) is 9.59 Å². The zero-order chi connectivity index (χ0) is 20.2. The van der Waals surface area contributed by atoms with Crippen molar-refractivity contribution < 1.29 is 9.59 Å². The van der Waals surface area contributed by atoms with Crippen LogP contribution in [-0.2, 0) is 4.79 Å². The van der Waals surface area contributed by atoms with Gasteiger partial charge in [-0.2, -0.15) is 0 Å². The number of nitrogens with zero attached hydrogens (tertiary/aromatic N) is 6. The van der Waals surface area contributed by atoms with Gasteiger partial charge in [-0.1, -0.05) is 0 Å². The van der Waals surface area contributed by atoms with Gasteiger partial charge in [0.05, 0.1) is 12.1 Å². The van der Waals surface area contributed by atoms with Gasteiger partial charge in [-0.05, 0) is 39.3 Å². The van der Waals surface area contributed by atoms with Crippen molar-refractivity contribution in [3.8, 4) is 0 Å². The number of rotatable bonds is 3. The Morgan fingerprint density at radius 3 is 2.38 bits per heavy atom. The zero-order valence-corrected chi connectivity index (χ0v) is 17.4. The Balaban J connectivity index is 1.28. The smallest absolute Gasteiger partial charge is 0.274 e. The number of amides is 2. The predicted molar refractivity (Wildman–Crippen MR) is 109 cm³/mol. The maximum atomic E-state index is 13.0. The van der Waals surface area contributed by atoms with Gasteiger partial charge in [0.1, 0.15) is 5.69 Å². The number of likely N-dealkylation sites (N-methyl/N-ethyl adjacent to an activating group) is 1. The molecule has 3 fully saturated rings. The van der Waals surface area contributed by atoms with Crippen LogP contribution in [0.5, 0.6) is 0 Å². The maximum absolute atomic E-state index is 13.0. The Hall–Kier alpha value is -2.06. The quantitative estimate of drug-likeness (QED) is 0.739. The molecule has 1 aromatic heterocycles. The van der Waals surface area contributed by atoms with Gasteiger partial charge in [-0.25, -0.2) is 4.98 Å². The van der Waals surface area contributed by atoms with Crippen LogP contribution in [0.1, 0.15) is 36.2 Å². The first-order chi connectivity index (χ1) is 14.1. The van der Waals surface area contributed by atoms with E-state index < -0.39 is 0 Å². The monoisotopic (exact) mass is 400 g/mol. The molecule has 0 N–H and O–H groups in total. The lowest BCUT2D eigenvalue weighted by molar-refractivity contribution is -0.139. The summed E-state index contributed by atoms with van der Waals surface area (Å²) < 4.78 is 0. The second kappa shape index (κ2) is 9.17. The molecule has 8 heteroatoms. The van der Waals surface area contributed by atoms with Gasteiger partial charge in [-0.15, -0.1) is 0 Å². The first-order valence-electron chi connectivity index (χ1n) is 10.9. The molecule has 1 unspecified atom stereocenters. The van der Waals surface area contributed by atoms with Crippen LogP contribution >= 0.6 is 0 Å². The molecule has 2 amide bonds. The van der Waals surface area contributed by atoms with Gasteiger partial charge in [0.15, 0.2) is 0 Å². The molecule has 0 radical (unpaired) electrons. The normalized spacial score (nSPS) is 25.2. The second-order valence-corrected chi connectivity index (χ2v) is 8.58. The van der Waals surface area contributed by atoms with Crippen LogP contribution in [0.15, 0.2) is 18.6 Å². The van der Waals surface area contributed by atoms with Gasteiger partial charge >= 0.3 is 0 Å². The fourth-order valence-corrected chi connectivity index (χ4v) is 4.83. The molecule has 0 spiro atoms. The standard InChI is InChI=1S/C21H32N6O2/c1-24-11-13-26(14-12-24)20(28)17-3-2-8-27(16-17)18-4-9-25(10-5-18)21(29)19-15-22-6-7-23-19/h6-7,15,17-18H,2-5,8-14,16H2,1H3. The lowest BCUT2D eigenvalue weighted by Crippen LogP contribution is -2.54. The second-order valence-electron chi connectivity index (χ2n) is 8.58. The minimum atomic E-state index is -0.0293. The van der Waals surface area contributed by atoms with E-state index in [1.165, 1.54) is 6.20 Å². The van der Waals surface area contributed by atoms with Crippen LogP contribution in [0.2, 0.25) is 0 Å². The van der Waals surface area contributed by atoms with E-state index in [2.05, 4.69) is 31.7 Å². The summed E-state index contributed by atoms with van der Waals surface area (Å²) in [5, 5.41) is 0. The van der Waals surface area contributed by atoms with Crippen LogP contribution in [0, 0.1) is 5.92 Å². The van der Waals surface area contributed by atoms with Crippen molar-refractivity contribution in [2.24, 2.45) is 5.92 Å². The molecule has 3 aliphatic rings. The Labute approximate surface area is 172 Å². The average Bonchev–Trinajstić information content (AvgIpc) is 2.79. The third-order valence-corrected chi connectivity index (χ3v) is 6.67. The number of hydrogen-bond donors (Lipinski definition) is 0. The molecule has 29 heavy (non-hydrogen) atoms. The molecule has 0 aromatic carbocycles. The predicted octanol–water partition coefficient (Wildman–Crippen LogP) is 0.567. The lowest BCUT2D eigenvalue weighted by atomic mass is 9.92. The molecule has 1 aromatic rings. The molecule has 0 bridgehead atoms. The number of aromatic nitrogens is 2. The summed E-state index contributed by atoms with van der Waals surface area (Å²) in [5.74, 6) is 0.447. The number of hydrogen-bond acceptors (Lipinski definition) is 6. The molecule has 1 atom stereocenters. The van der Waals surface area contributed by atoms with Crippen molar-refractivity contribution in [3.63, 3.8) is 0 Å². The number of carbonyl (C=O) groups is 2. The average molecular weight is 401 g/mol. The van der Waals surface area contributed by atoms with Crippen molar-refractivity contribution in [1.82, 2.24) is 29.6 Å². The summed E-state index contributed by atoms with van der Waals surface area (Å²) in [5.41, 5.74) is 0.418. The summed E-state index contributed by atoms with van der Waals surface area (Å²) in [4.78, 5) is 42.5. The van der Waals surface area contributed by atoms with Gasteiger partial charge in [0.25, 0.3) is 5.91 Å². The summed E-state index contributed by atoms with van der Waals surface area (Å²) >= 11 is 0. The fraction of sp³-hybridized carbons (Fsp3) is 0.714. The van der Waals surface area contributed by atoms with E-state index in [0.717, 1.165) is 78.0 Å². The largest absolute Gasteiger partial charge is 0.340 e. The van der Waals surface area contributed by atoms with Crippen molar-refractivity contribution in [2.75, 3.05) is 59.4 Å². The topological polar surface area (TPSA) is 72.9 Å². The van der Waals surface area contributed by atoms with Crippen LogP contribution in [0.4, 0.5) is 0 Å². The van der Waals surface area contributed by atoms with E-state index in [1.807, 2.05) is 4.90 Å². The molecule has 4 rings (SSSR count). The first-order valence-corrected chi connectivity index (χ1v) is 10.9. The molecule has 0 aliphatic carbocycles. The van der Waals surface area contributed by atoms with E-state index >= 15 is 0 Å². The lowest BCUT2D eigenvalue weighted by Gasteiger charge is -2.43. The SMILES string of the molecule is CN1CCN(C(=O)C2CCCN(C3CCN(C(=O)c4cnccn4)CC3)C2)CC1. The molecule has 4 heterocycles. The van der Waals surface area contributed by atoms with Crippen molar-refractivity contribution in [1.29, 1.82) is 0 Å². The Morgan fingerprint density at radius 1 is 0.931 bits per heavy atom. The molecular formula is C21H32N6O2. The highest BCUT2D eigenvalue weighted by molar-refractivity contribution is 5.92. The van der Waals surface area contributed by atoms with Gasteiger partial charge in [0.2, 0.25) is 5.91 Å². The van der Waals surface area contributed by atoms with E-state index in [-0.39, 0.29) is 11.8 Å². The number of carbonyl (C=O) groups excluding carboxylic acids is 2. The van der Waals surface area contributed by atoms with Gasteiger partial charge in [0, 0.05) is 64.2 Å². The van der Waals surface area contributed by atoms with Crippen molar-refractivity contribution in [3.05, 3.63) is 24.3 Å². The van der Waals surface area contributed by atoms with E-state index in [1.54, 1.807) is 12.4 Å². The number of piperazine rings is 1. The van der Waals surface area contributed by atoms with Gasteiger partial charge in [-0.3, -0.25) is 19.5 Å². The maximum Gasteiger partial charge on any atom is 0.274 e. The minimum Gasteiger partial charge on any atom is -0.340 e. The van der Waals surface area contributed by atoms with Crippen LogP contribution in [0.25, 0.3) is 0 Å². The Morgan fingerprint density at radius 2 is 1.69 bits per heavy atom. The fourth-order valence-electron chi connectivity index (χ4n) is 4.83. The van der Waals surface area contributed by atoms with Crippen LogP contribution in [0.3, 0.4) is 0 Å². The first kappa shape index (κ1) is 20.2. The highest BCUT2D eigenvalue weighted by atomic mass is 16.2. The summed E-state index contributed by atoms with van der Waals surface area (Å²) in [7, 11) is 2.12. The molecule has 3 aliphatic heterocycles. The minimum absolute atomic E-state index is 0.0293.